The van der Waals surface area contributed by atoms with Crippen LogP contribution in [0.5, 0.6) is 0 Å². The summed E-state index contributed by atoms with van der Waals surface area (Å²) in [6.45, 7) is 4.31. The molecule has 0 aliphatic rings. The van der Waals surface area contributed by atoms with Crippen LogP contribution in [0.25, 0.3) is 4.96 Å². The van der Waals surface area contributed by atoms with Crippen molar-refractivity contribution in [2.24, 2.45) is 0 Å². The lowest BCUT2D eigenvalue weighted by Gasteiger charge is -1.95. The quantitative estimate of drug-likeness (QED) is 0.769. The van der Waals surface area contributed by atoms with Gasteiger partial charge in [0.1, 0.15) is 0 Å². The molecule has 16 heavy (non-hydrogen) atoms. The van der Waals surface area contributed by atoms with Crippen LogP contribution in [0.15, 0.2) is 12.4 Å². The van der Waals surface area contributed by atoms with Gasteiger partial charge in [0, 0.05) is 17.3 Å². The molecule has 0 saturated heterocycles. The Bertz CT molecular complexity index is 470. The maximum atomic E-state index is 11.4. The van der Waals surface area contributed by atoms with E-state index in [9.17, 15) is 4.79 Å². The van der Waals surface area contributed by atoms with E-state index in [-0.39, 0.29) is 5.97 Å². The fourth-order valence-corrected chi connectivity index (χ4v) is 2.57. The van der Waals surface area contributed by atoms with E-state index in [0.717, 1.165) is 17.8 Å². The van der Waals surface area contributed by atoms with Crippen molar-refractivity contribution >= 4 is 22.3 Å². The standard InChI is InChI=1S/C11H14N2O2S/c1-3-5-8-6-13-7-9(10(14)15-4-2)12-11(13)16-8/h6-7H,3-5H2,1-2H3. The largest absolute Gasteiger partial charge is 0.461 e. The van der Waals surface area contributed by atoms with Gasteiger partial charge in [-0.05, 0) is 13.3 Å². The number of aromatic nitrogens is 2. The molecule has 0 unspecified atom stereocenters. The van der Waals surface area contributed by atoms with Crippen molar-refractivity contribution in [2.75, 3.05) is 6.61 Å². The number of hydrogen-bond acceptors (Lipinski definition) is 4. The maximum absolute atomic E-state index is 11.4. The van der Waals surface area contributed by atoms with Gasteiger partial charge in [-0.15, -0.1) is 11.3 Å². The molecule has 0 aliphatic carbocycles. The number of esters is 1. The number of hydrogen-bond donors (Lipinski definition) is 0. The lowest BCUT2D eigenvalue weighted by Crippen LogP contribution is -2.04. The number of fused-ring (bicyclic) bond motifs is 1. The van der Waals surface area contributed by atoms with Crippen LogP contribution in [0.1, 0.15) is 35.6 Å². The van der Waals surface area contributed by atoms with E-state index in [1.165, 1.54) is 4.88 Å². The summed E-state index contributed by atoms with van der Waals surface area (Å²) >= 11 is 1.62. The summed E-state index contributed by atoms with van der Waals surface area (Å²) in [5.74, 6) is -0.351. The molecule has 0 bridgehead atoms. The highest BCUT2D eigenvalue weighted by Gasteiger charge is 2.13. The first kappa shape index (κ1) is 11.1. The van der Waals surface area contributed by atoms with Gasteiger partial charge < -0.3 is 4.74 Å². The van der Waals surface area contributed by atoms with Gasteiger partial charge in [-0.2, -0.15) is 0 Å². The number of ether oxygens (including phenoxy) is 1. The third kappa shape index (κ3) is 2.09. The van der Waals surface area contributed by atoms with E-state index in [1.807, 2.05) is 10.6 Å². The highest BCUT2D eigenvalue weighted by Crippen LogP contribution is 2.19. The van der Waals surface area contributed by atoms with Crippen molar-refractivity contribution in [3.63, 3.8) is 0 Å². The van der Waals surface area contributed by atoms with Crippen LogP contribution < -0.4 is 0 Å². The van der Waals surface area contributed by atoms with Crippen molar-refractivity contribution in [1.29, 1.82) is 0 Å². The molecule has 0 amide bonds. The van der Waals surface area contributed by atoms with Crippen LogP contribution in [-0.2, 0) is 11.2 Å². The number of carbonyl (C=O) groups is 1. The van der Waals surface area contributed by atoms with E-state index < -0.39 is 0 Å². The molecule has 5 heteroatoms. The topological polar surface area (TPSA) is 43.6 Å². The number of aryl methyl sites for hydroxylation is 1. The molecule has 0 spiro atoms. The molecule has 0 radical (unpaired) electrons. The molecule has 0 saturated carbocycles. The Balaban J connectivity index is 2.25. The van der Waals surface area contributed by atoms with Gasteiger partial charge >= 0.3 is 5.97 Å². The minimum Gasteiger partial charge on any atom is -0.461 e. The van der Waals surface area contributed by atoms with Crippen LogP contribution in [0, 0.1) is 0 Å². The number of rotatable bonds is 4. The molecule has 2 heterocycles. The summed E-state index contributed by atoms with van der Waals surface area (Å²) in [5.41, 5.74) is 0.385. The lowest BCUT2D eigenvalue weighted by atomic mass is 10.3. The molecule has 2 aromatic rings. The minimum atomic E-state index is -0.351. The first-order valence-corrected chi connectivity index (χ1v) is 6.20. The van der Waals surface area contributed by atoms with Gasteiger partial charge in [0.05, 0.1) is 6.61 Å². The van der Waals surface area contributed by atoms with Crippen LogP contribution in [0.3, 0.4) is 0 Å². The maximum Gasteiger partial charge on any atom is 0.358 e. The number of carbonyl (C=O) groups excluding carboxylic acids is 1. The highest BCUT2D eigenvalue weighted by atomic mass is 32.1. The Labute approximate surface area is 97.9 Å². The molecular weight excluding hydrogens is 224 g/mol. The SMILES string of the molecule is CCCc1cn2cc(C(=O)OCC)nc2s1. The number of thiazole rings is 1. The first-order chi connectivity index (χ1) is 7.74. The molecular formula is C11H14N2O2S. The summed E-state index contributed by atoms with van der Waals surface area (Å²) in [4.78, 5) is 17.8. The summed E-state index contributed by atoms with van der Waals surface area (Å²) in [7, 11) is 0. The molecule has 0 atom stereocenters. The second kappa shape index (κ2) is 4.65. The zero-order valence-corrected chi connectivity index (χ0v) is 10.2. The van der Waals surface area contributed by atoms with E-state index in [4.69, 9.17) is 4.74 Å². The third-order valence-electron chi connectivity index (χ3n) is 2.18. The summed E-state index contributed by atoms with van der Waals surface area (Å²) < 4.78 is 6.79. The molecule has 4 nitrogen and oxygen atoms in total. The van der Waals surface area contributed by atoms with Gasteiger partial charge in [-0.1, -0.05) is 13.3 Å². The van der Waals surface area contributed by atoms with Crippen molar-refractivity contribution in [3.05, 3.63) is 23.0 Å². The smallest absolute Gasteiger partial charge is 0.358 e. The van der Waals surface area contributed by atoms with E-state index in [1.54, 1.807) is 24.5 Å². The normalized spacial score (nSPS) is 10.9. The lowest BCUT2D eigenvalue weighted by molar-refractivity contribution is 0.0520. The second-order valence-corrected chi connectivity index (χ2v) is 4.58. The van der Waals surface area contributed by atoms with Crippen molar-refractivity contribution < 1.29 is 9.53 Å². The number of imidazole rings is 1. The van der Waals surface area contributed by atoms with Crippen LogP contribution in [0.4, 0.5) is 0 Å². The van der Waals surface area contributed by atoms with Gasteiger partial charge in [0.25, 0.3) is 0 Å². The van der Waals surface area contributed by atoms with E-state index in [0.29, 0.717) is 12.3 Å². The predicted octanol–water partition coefficient (Wildman–Crippen LogP) is 2.53. The molecule has 0 aromatic carbocycles. The molecule has 2 rings (SSSR count). The predicted molar refractivity (Wildman–Crippen MR) is 63.0 cm³/mol. The molecule has 0 fully saturated rings. The fraction of sp³-hybridized carbons (Fsp3) is 0.455. The first-order valence-electron chi connectivity index (χ1n) is 5.39. The molecule has 2 aromatic heterocycles. The molecule has 0 aliphatic heterocycles. The van der Waals surface area contributed by atoms with Gasteiger partial charge in [-0.25, -0.2) is 9.78 Å². The van der Waals surface area contributed by atoms with Crippen molar-refractivity contribution in [1.82, 2.24) is 9.38 Å². The summed E-state index contributed by atoms with van der Waals surface area (Å²) in [6.07, 6.45) is 5.93. The fourth-order valence-electron chi connectivity index (χ4n) is 1.51. The zero-order valence-electron chi connectivity index (χ0n) is 9.40. The molecule has 86 valence electrons. The van der Waals surface area contributed by atoms with Crippen molar-refractivity contribution in [2.45, 2.75) is 26.7 Å². The number of nitrogens with zero attached hydrogens (tertiary/aromatic N) is 2. The highest BCUT2D eigenvalue weighted by molar-refractivity contribution is 7.17. The van der Waals surface area contributed by atoms with Gasteiger partial charge in [0.15, 0.2) is 10.7 Å². The minimum absolute atomic E-state index is 0.351. The summed E-state index contributed by atoms with van der Waals surface area (Å²) in [5, 5.41) is 0. The van der Waals surface area contributed by atoms with Crippen molar-refractivity contribution in [3.8, 4) is 0 Å². The summed E-state index contributed by atoms with van der Waals surface area (Å²) in [6, 6.07) is 0. The average Bonchev–Trinajstić information content (AvgIpc) is 2.76. The Kier molecular flexibility index (Phi) is 3.24. The van der Waals surface area contributed by atoms with Crippen LogP contribution >= 0.6 is 11.3 Å². The third-order valence-corrected chi connectivity index (χ3v) is 3.24. The van der Waals surface area contributed by atoms with E-state index >= 15 is 0 Å². The zero-order chi connectivity index (χ0) is 11.5. The van der Waals surface area contributed by atoms with Gasteiger partial charge in [0.2, 0.25) is 0 Å². The Hall–Kier alpha value is -1.36. The van der Waals surface area contributed by atoms with Gasteiger partial charge in [-0.3, -0.25) is 4.40 Å². The van der Waals surface area contributed by atoms with Crippen LogP contribution in [0.2, 0.25) is 0 Å². The van der Waals surface area contributed by atoms with Crippen LogP contribution in [-0.4, -0.2) is 22.0 Å². The Morgan fingerprint density at radius 2 is 2.31 bits per heavy atom. The Morgan fingerprint density at radius 3 is 2.94 bits per heavy atom. The monoisotopic (exact) mass is 238 g/mol. The second-order valence-electron chi connectivity index (χ2n) is 3.48. The Morgan fingerprint density at radius 1 is 1.50 bits per heavy atom. The molecule has 0 N–H and O–H groups in total. The van der Waals surface area contributed by atoms with E-state index in [2.05, 4.69) is 11.9 Å². The average molecular weight is 238 g/mol.